The van der Waals surface area contributed by atoms with E-state index in [0.717, 1.165) is 16.7 Å². The van der Waals surface area contributed by atoms with Crippen molar-refractivity contribution in [3.8, 4) is 97.3 Å². The number of aromatic amines is 2. The number of benzene rings is 7. The van der Waals surface area contributed by atoms with Gasteiger partial charge in [-0.15, -0.1) is 0 Å². The van der Waals surface area contributed by atoms with Crippen LogP contribution in [-0.2, 0) is 16.2 Å². The molecule has 0 atom stereocenters. The summed E-state index contributed by atoms with van der Waals surface area (Å²) in [5.74, 6) is 2.34. The second kappa shape index (κ2) is 24.3. The highest BCUT2D eigenvalue weighted by Gasteiger charge is 2.37. The molecular formula is C65H47Cl13N8O6. The first-order chi connectivity index (χ1) is 43.3. The average Bonchev–Trinajstić information content (AvgIpc) is 1.55. The van der Waals surface area contributed by atoms with Crippen LogP contribution in [0.4, 0.5) is 0 Å². The van der Waals surface area contributed by atoms with E-state index in [9.17, 15) is 0 Å². The van der Waals surface area contributed by atoms with Gasteiger partial charge >= 0.3 is 0 Å². The van der Waals surface area contributed by atoms with Gasteiger partial charge in [0.25, 0.3) is 0 Å². The van der Waals surface area contributed by atoms with Gasteiger partial charge in [-0.3, -0.25) is 0 Å². The minimum Gasteiger partial charge on any atom is -0.497 e. The number of fused-ring (bicyclic) bond motifs is 20. The Bertz CT molecular complexity index is 4980. The molecule has 5 heterocycles. The van der Waals surface area contributed by atoms with E-state index >= 15 is 0 Å². The zero-order chi connectivity index (χ0) is 66.4. The normalized spacial score (nSPS) is 12.4. The average molecular weight is 1500 g/mol. The number of ether oxygens (including phenoxy) is 6. The number of methoxy groups -OCH3 is 3. The molecular weight excluding hydrogens is 1450 g/mol. The van der Waals surface area contributed by atoms with Gasteiger partial charge in [-0.1, -0.05) is 213 Å². The first-order valence-electron chi connectivity index (χ1n) is 27.7. The van der Waals surface area contributed by atoms with Gasteiger partial charge in [-0.25, -0.2) is 29.9 Å². The van der Waals surface area contributed by atoms with Crippen molar-refractivity contribution in [2.24, 2.45) is 0 Å². The van der Waals surface area contributed by atoms with Crippen molar-refractivity contribution in [1.29, 1.82) is 0 Å². The summed E-state index contributed by atoms with van der Waals surface area (Å²) in [7, 11) is 4.71. The summed E-state index contributed by atoms with van der Waals surface area (Å²) < 4.78 is 37.0. The number of nitrogens with one attached hydrogen (secondary N) is 2. The highest BCUT2D eigenvalue weighted by molar-refractivity contribution is 6.55. The van der Waals surface area contributed by atoms with Crippen LogP contribution in [0.3, 0.4) is 0 Å². The fourth-order valence-electron chi connectivity index (χ4n) is 10.8. The maximum Gasteiger partial charge on any atom is 0.166 e. The molecule has 8 bridgehead atoms. The van der Waals surface area contributed by atoms with E-state index in [4.69, 9.17) is 209 Å². The molecule has 92 heavy (non-hydrogen) atoms. The Labute approximate surface area is 591 Å². The summed E-state index contributed by atoms with van der Waals surface area (Å²) >= 11 is 95.6. The minimum absolute atomic E-state index is 0.0185. The van der Waals surface area contributed by atoms with E-state index in [1.54, 1.807) is 57.7 Å². The zero-order valence-electron chi connectivity index (χ0n) is 50.2. The Morgan fingerprint density at radius 2 is 0.543 bits per heavy atom. The second-order valence-electron chi connectivity index (χ2n) is 24.3. The van der Waals surface area contributed by atoms with Crippen LogP contribution < -0.4 is 28.4 Å². The first-order valence-corrected chi connectivity index (χ1v) is 32.6. The fourth-order valence-corrected chi connectivity index (χ4v) is 14.4. The number of hydrogen-bond acceptors (Lipinski definition) is 12. The Hall–Kier alpha value is -5.53. The Kier molecular flexibility index (Phi) is 17.6. The molecule has 0 fully saturated rings. The maximum absolute atomic E-state index is 7.68. The minimum atomic E-state index is -0.490. The van der Waals surface area contributed by atoms with Gasteiger partial charge in [0.15, 0.2) is 40.5 Å². The molecule has 7 aromatic carbocycles. The standard InChI is InChI=1S/C65H47Cl13N8O6/c1-63(2,3)25-19-22(87-10)13-16-28(25)90-52-44(71)36-33(41(68)49(52)76)57-80-55-31-32(40(67)48(75)47(74)39(31)66)56(79-55)81-60-37-34(42(69)50(77)53(45(37)72)91-29-17-14-23(88-11)20-26(29)64(4,5)6)58(83-60)85-62-38-35(59(86-62)84-61(36)82-57)43(70)51(78)54(46(38)73)92-30-18-15-24(89-12)21-27(30)65(7,8)9/h13-21H,1-12H3,(H2,79,80,81,82,83,84,85,86). The van der Waals surface area contributed by atoms with Crippen molar-refractivity contribution in [1.82, 2.24) is 39.9 Å². The molecule has 0 amide bonds. The van der Waals surface area contributed by atoms with Crippen molar-refractivity contribution in [2.75, 3.05) is 21.3 Å². The lowest BCUT2D eigenvalue weighted by atomic mass is 9.86. The molecule has 2 N–H and O–H groups in total. The zero-order valence-corrected chi connectivity index (χ0v) is 60.1. The molecule has 2 aliphatic rings. The summed E-state index contributed by atoms with van der Waals surface area (Å²) in [6, 6.07) is 16.0. The van der Waals surface area contributed by atoms with Crippen LogP contribution in [0, 0.1) is 0 Å². The van der Waals surface area contributed by atoms with E-state index in [0.29, 0.717) is 34.5 Å². The summed E-state index contributed by atoms with van der Waals surface area (Å²) in [5, 5.41) is -0.723. The van der Waals surface area contributed by atoms with E-state index < -0.39 is 16.2 Å². The lowest BCUT2D eigenvalue weighted by molar-refractivity contribution is 0.407. The molecule has 27 heteroatoms. The third-order valence-corrected chi connectivity index (χ3v) is 20.7. The van der Waals surface area contributed by atoms with Gasteiger partial charge in [-0.2, -0.15) is 0 Å². The number of halogens is 13. The van der Waals surface area contributed by atoms with Crippen molar-refractivity contribution in [2.45, 2.75) is 78.6 Å². The predicted octanol–water partition coefficient (Wildman–Crippen LogP) is 24.7. The van der Waals surface area contributed by atoms with Crippen molar-refractivity contribution in [3.63, 3.8) is 0 Å². The van der Waals surface area contributed by atoms with Crippen LogP contribution >= 0.6 is 151 Å². The van der Waals surface area contributed by atoms with Crippen LogP contribution in [0.15, 0.2) is 54.6 Å². The maximum atomic E-state index is 7.68. The number of H-pyrrole nitrogens is 2. The molecule has 0 saturated heterocycles. The van der Waals surface area contributed by atoms with E-state index in [2.05, 4.69) is 9.97 Å². The van der Waals surface area contributed by atoms with E-state index in [1.807, 2.05) is 80.5 Å². The number of rotatable bonds is 9. The van der Waals surface area contributed by atoms with Crippen LogP contribution in [0.1, 0.15) is 79.0 Å². The molecule has 3 aromatic heterocycles. The quantitative estimate of drug-likeness (QED) is 0.104. The second-order valence-corrected chi connectivity index (χ2v) is 29.2. The molecule has 0 spiro atoms. The van der Waals surface area contributed by atoms with Crippen molar-refractivity contribution < 1.29 is 28.4 Å². The molecule has 14 nitrogen and oxygen atoms in total. The summed E-state index contributed by atoms with van der Waals surface area (Å²) in [5.41, 5.74) is 1.11. The fraction of sp³-hybridized carbons (Fsp3) is 0.231. The van der Waals surface area contributed by atoms with Gasteiger partial charge in [0.05, 0.1) is 115 Å². The summed E-state index contributed by atoms with van der Waals surface area (Å²) in [6.07, 6.45) is 0. The number of aromatic nitrogens is 8. The van der Waals surface area contributed by atoms with Crippen LogP contribution in [0.5, 0.6) is 51.7 Å². The number of nitrogens with zero attached hydrogens (tertiary/aromatic N) is 6. The Morgan fingerprint density at radius 3 is 0.826 bits per heavy atom. The van der Waals surface area contributed by atoms with Gasteiger partial charge in [0.1, 0.15) is 72.2 Å². The lowest BCUT2D eigenvalue weighted by Crippen LogP contribution is -2.13. The van der Waals surface area contributed by atoms with Crippen molar-refractivity contribution >= 4 is 195 Å². The molecule has 10 aromatic rings. The molecule has 2 aliphatic heterocycles. The van der Waals surface area contributed by atoms with Gasteiger partial charge < -0.3 is 38.4 Å². The topological polar surface area (TPSA) is 164 Å². The predicted molar refractivity (Wildman–Crippen MR) is 376 cm³/mol. The molecule has 0 aliphatic carbocycles. The molecule has 474 valence electrons. The van der Waals surface area contributed by atoms with E-state index in [1.165, 1.54) is 0 Å². The van der Waals surface area contributed by atoms with Gasteiger partial charge in [-0.05, 0) is 70.8 Å². The molecule has 12 rings (SSSR count). The van der Waals surface area contributed by atoms with Gasteiger partial charge in [0, 0.05) is 16.7 Å². The van der Waals surface area contributed by atoms with Crippen LogP contribution in [0.2, 0.25) is 65.3 Å². The third kappa shape index (κ3) is 11.2. The SMILES string of the molecule is COc1ccc(Oc2c(Cl)c(Cl)c3c(c2Cl)-c2nc-3nc3[nH]c(nc4nc(nc5[nH]c(n2)c2c(Cl)c(Cl)c(Oc6ccc(OC)cc6C(C)(C)C)c(Cl)c52)-c2c(Cl)c(Cl)c(Cl)c(Cl)c2-4)c2c(Cl)c(Cl)c(Oc4ccc(OC)cc4C(C)(C)C)c(Cl)c32)c(C(C)(C)C)c1. The molecule has 0 unspecified atom stereocenters. The third-order valence-electron chi connectivity index (χ3n) is 15.3. The smallest absolute Gasteiger partial charge is 0.166 e. The highest BCUT2D eigenvalue weighted by atomic mass is 35.5. The number of hydrogen-bond donors (Lipinski definition) is 2. The highest BCUT2D eigenvalue weighted by Crippen LogP contribution is 2.58. The largest absolute Gasteiger partial charge is 0.497 e. The first kappa shape index (κ1) is 66.5. The Balaban J connectivity index is 1.25. The summed E-state index contributed by atoms with van der Waals surface area (Å²) in [4.78, 5) is 37.3. The van der Waals surface area contributed by atoms with Crippen LogP contribution in [0.25, 0.3) is 89.7 Å². The van der Waals surface area contributed by atoms with Gasteiger partial charge in [0.2, 0.25) is 0 Å². The Morgan fingerprint density at radius 1 is 0.293 bits per heavy atom. The van der Waals surface area contributed by atoms with Crippen LogP contribution in [-0.4, -0.2) is 61.2 Å². The lowest BCUT2D eigenvalue weighted by Gasteiger charge is -2.24. The van der Waals surface area contributed by atoms with Crippen molar-refractivity contribution in [3.05, 3.63) is 137 Å². The monoisotopic (exact) mass is 1490 g/mol. The van der Waals surface area contributed by atoms with E-state index in [-0.39, 0.29) is 172 Å². The molecule has 0 saturated carbocycles. The molecule has 0 radical (unpaired) electrons. The summed E-state index contributed by atoms with van der Waals surface area (Å²) in [6.45, 7) is 18.1.